The summed E-state index contributed by atoms with van der Waals surface area (Å²) in [7, 11) is 0. The van der Waals surface area contributed by atoms with Crippen LogP contribution < -0.4 is 11.1 Å². The first-order valence-electron chi connectivity index (χ1n) is 6.58. The number of aromatic nitrogens is 2. The molecule has 1 heterocycles. The number of nitrogens with zero attached hydrogens (tertiary/aromatic N) is 2. The van der Waals surface area contributed by atoms with Crippen molar-refractivity contribution >= 4 is 23.0 Å². The van der Waals surface area contributed by atoms with Crippen LogP contribution >= 0.6 is 12.2 Å². The van der Waals surface area contributed by atoms with Gasteiger partial charge in [-0.15, -0.1) is 0 Å². The summed E-state index contributed by atoms with van der Waals surface area (Å²) < 4.78 is 0. The van der Waals surface area contributed by atoms with Gasteiger partial charge in [-0.1, -0.05) is 18.6 Å². The molecular weight excluding hydrogens is 244 g/mol. The van der Waals surface area contributed by atoms with Gasteiger partial charge in [-0.3, -0.25) is 0 Å². The van der Waals surface area contributed by atoms with Crippen molar-refractivity contribution in [1.29, 1.82) is 0 Å². The Bertz CT molecular complexity index is 462. The van der Waals surface area contributed by atoms with Crippen LogP contribution in [0.1, 0.15) is 31.4 Å². The SMILES string of the molecule is NC(=S)c1nccnc1NCC1CC2CCC1C2. The molecule has 0 radical (unpaired) electrons. The minimum Gasteiger partial charge on any atom is -0.388 e. The molecular formula is C13H18N4S. The second-order valence-corrected chi connectivity index (χ2v) is 5.87. The van der Waals surface area contributed by atoms with Crippen molar-refractivity contribution in [3.63, 3.8) is 0 Å². The second kappa shape index (κ2) is 4.80. The molecule has 0 saturated heterocycles. The fraction of sp³-hybridized carbons (Fsp3) is 0.615. The third kappa shape index (κ3) is 2.19. The fourth-order valence-electron chi connectivity index (χ4n) is 3.50. The summed E-state index contributed by atoms with van der Waals surface area (Å²) in [5, 5.41) is 3.38. The van der Waals surface area contributed by atoms with Crippen LogP contribution in [0.3, 0.4) is 0 Å². The molecule has 5 heteroatoms. The number of hydrogen-bond acceptors (Lipinski definition) is 4. The first-order chi connectivity index (χ1) is 8.74. The molecule has 2 bridgehead atoms. The van der Waals surface area contributed by atoms with Gasteiger partial charge in [0, 0.05) is 18.9 Å². The molecule has 2 aliphatic rings. The van der Waals surface area contributed by atoms with Crippen LogP contribution in [0.5, 0.6) is 0 Å². The van der Waals surface area contributed by atoms with E-state index in [1.54, 1.807) is 12.4 Å². The normalized spacial score (nSPS) is 29.4. The van der Waals surface area contributed by atoms with Gasteiger partial charge >= 0.3 is 0 Å². The summed E-state index contributed by atoms with van der Waals surface area (Å²) >= 11 is 4.99. The van der Waals surface area contributed by atoms with Crippen molar-refractivity contribution in [2.75, 3.05) is 11.9 Å². The monoisotopic (exact) mass is 262 g/mol. The molecule has 1 aromatic rings. The van der Waals surface area contributed by atoms with E-state index in [9.17, 15) is 0 Å². The zero-order valence-corrected chi connectivity index (χ0v) is 11.1. The zero-order valence-electron chi connectivity index (χ0n) is 10.3. The highest BCUT2D eigenvalue weighted by Crippen LogP contribution is 2.48. The minimum absolute atomic E-state index is 0.304. The molecule has 3 N–H and O–H groups in total. The Labute approximate surface area is 112 Å². The van der Waals surface area contributed by atoms with Gasteiger partial charge in [-0.05, 0) is 37.0 Å². The molecule has 18 heavy (non-hydrogen) atoms. The van der Waals surface area contributed by atoms with Crippen molar-refractivity contribution in [2.24, 2.45) is 23.5 Å². The average Bonchev–Trinajstić information content (AvgIpc) is 2.98. The smallest absolute Gasteiger partial charge is 0.155 e. The molecule has 1 aromatic heterocycles. The number of nitrogens with one attached hydrogen (secondary N) is 1. The molecule has 0 spiro atoms. The van der Waals surface area contributed by atoms with Crippen molar-refractivity contribution in [3.8, 4) is 0 Å². The lowest BCUT2D eigenvalue weighted by Crippen LogP contribution is -2.23. The van der Waals surface area contributed by atoms with Crippen molar-refractivity contribution in [1.82, 2.24) is 9.97 Å². The predicted octanol–water partition coefficient (Wildman–Crippen LogP) is 1.96. The van der Waals surface area contributed by atoms with E-state index in [4.69, 9.17) is 18.0 Å². The van der Waals surface area contributed by atoms with Crippen molar-refractivity contribution < 1.29 is 0 Å². The van der Waals surface area contributed by atoms with Crippen LogP contribution in [0.25, 0.3) is 0 Å². The lowest BCUT2D eigenvalue weighted by molar-refractivity contribution is 0.348. The summed E-state index contributed by atoms with van der Waals surface area (Å²) in [4.78, 5) is 8.77. The summed E-state index contributed by atoms with van der Waals surface area (Å²) in [5.74, 6) is 3.39. The van der Waals surface area contributed by atoms with E-state index in [0.29, 0.717) is 10.7 Å². The lowest BCUT2D eigenvalue weighted by atomic mass is 9.89. The quantitative estimate of drug-likeness (QED) is 0.812. The van der Waals surface area contributed by atoms with E-state index in [-0.39, 0.29) is 0 Å². The topological polar surface area (TPSA) is 63.8 Å². The largest absolute Gasteiger partial charge is 0.388 e. The van der Waals surface area contributed by atoms with Gasteiger partial charge in [0.15, 0.2) is 5.82 Å². The van der Waals surface area contributed by atoms with Gasteiger partial charge in [0.25, 0.3) is 0 Å². The highest BCUT2D eigenvalue weighted by atomic mass is 32.1. The number of rotatable bonds is 4. The van der Waals surface area contributed by atoms with E-state index < -0.39 is 0 Å². The summed E-state index contributed by atoms with van der Waals surface area (Å²) in [5.41, 5.74) is 6.25. The van der Waals surface area contributed by atoms with E-state index in [2.05, 4.69) is 15.3 Å². The maximum Gasteiger partial charge on any atom is 0.155 e. The second-order valence-electron chi connectivity index (χ2n) is 5.43. The van der Waals surface area contributed by atoms with Crippen molar-refractivity contribution in [3.05, 3.63) is 18.1 Å². The minimum atomic E-state index is 0.304. The Balaban J connectivity index is 1.65. The Morgan fingerprint density at radius 1 is 1.33 bits per heavy atom. The molecule has 3 atom stereocenters. The first-order valence-corrected chi connectivity index (χ1v) is 6.99. The third-order valence-corrected chi connectivity index (χ3v) is 4.54. The first kappa shape index (κ1) is 11.8. The van der Waals surface area contributed by atoms with Crippen LogP contribution in [-0.2, 0) is 0 Å². The van der Waals surface area contributed by atoms with Gasteiger partial charge in [0.05, 0.1) is 0 Å². The predicted molar refractivity (Wildman–Crippen MR) is 75.3 cm³/mol. The zero-order chi connectivity index (χ0) is 12.5. The lowest BCUT2D eigenvalue weighted by Gasteiger charge is -2.22. The summed E-state index contributed by atoms with van der Waals surface area (Å²) in [6.07, 6.45) is 8.92. The Hall–Kier alpha value is -1.23. The molecule has 3 unspecified atom stereocenters. The van der Waals surface area contributed by atoms with Crippen LogP contribution in [-0.4, -0.2) is 21.5 Å². The maximum absolute atomic E-state index is 5.65. The van der Waals surface area contributed by atoms with Gasteiger partial charge in [-0.25, -0.2) is 9.97 Å². The van der Waals surface area contributed by atoms with E-state index in [0.717, 1.165) is 30.1 Å². The Morgan fingerprint density at radius 3 is 2.83 bits per heavy atom. The average molecular weight is 262 g/mol. The Kier molecular flexibility index (Phi) is 3.16. The van der Waals surface area contributed by atoms with Crippen LogP contribution in [0, 0.1) is 17.8 Å². The van der Waals surface area contributed by atoms with Gasteiger partial charge in [0.1, 0.15) is 10.7 Å². The molecule has 0 aromatic carbocycles. The van der Waals surface area contributed by atoms with Crippen LogP contribution in [0.2, 0.25) is 0 Å². The number of anilines is 1. The van der Waals surface area contributed by atoms with E-state index >= 15 is 0 Å². The van der Waals surface area contributed by atoms with Gasteiger partial charge < -0.3 is 11.1 Å². The Morgan fingerprint density at radius 2 is 2.17 bits per heavy atom. The highest BCUT2D eigenvalue weighted by Gasteiger charge is 2.39. The molecule has 2 fully saturated rings. The highest BCUT2D eigenvalue weighted by molar-refractivity contribution is 7.80. The van der Waals surface area contributed by atoms with Gasteiger partial charge in [-0.2, -0.15) is 0 Å². The van der Waals surface area contributed by atoms with Crippen molar-refractivity contribution in [2.45, 2.75) is 25.7 Å². The number of fused-ring (bicyclic) bond motifs is 2. The number of nitrogens with two attached hydrogens (primary N) is 1. The van der Waals surface area contributed by atoms with Crippen LogP contribution in [0.15, 0.2) is 12.4 Å². The molecule has 0 amide bonds. The third-order valence-electron chi connectivity index (χ3n) is 4.35. The molecule has 2 saturated carbocycles. The van der Waals surface area contributed by atoms with Crippen LogP contribution in [0.4, 0.5) is 5.82 Å². The molecule has 0 aliphatic heterocycles. The summed E-state index contributed by atoms with van der Waals surface area (Å²) in [6.45, 7) is 0.968. The maximum atomic E-state index is 5.65. The molecule has 96 valence electrons. The van der Waals surface area contributed by atoms with E-state index in [1.807, 2.05) is 0 Å². The number of hydrogen-bond donors (Lipinski definition) is 2. The van der Waals surface area contributed by atoms with E-state index in [1.165, 1.54) is 25.7 Å². The molecule has 4 nitrogen and oxygen atoms in total. The molecule has 3 rings (SSSR count). The number of thiocarbonyl (C=S) groups is 1. The molecule has 2 aliphatic carbocycles. The summed E-state index contributed by atoms with van der Waals surface area (Å²) in [6, 6.07) is 0. The standard InChI is InChI=1S/C13H18N4S/c14-12(18)11-13(16-4-3-15-11)17-7-10-6-8-1-2-9(10)5-8/h3-4,8-10H,1-2,5-7H2,(H2,14,18)(H,16,17). The van der Waals surface area contributed by atoms with Gasteiger partial charge in [0.2, 0.25) is 0 Å². The fourth-order valence-corrected chi connectivity index (χ4v) is 3.65.